The summed E-state index contributed by atoms with van der Waals surface area (Å²) in [5.74, 6) is -1.90. The zero-order chi connectivity index (χ0) is 10.9. The van der Waals surface area contributed by atoms with E-state index in [0.717, 1.165) is 0 Å². The molecule has 0 saturated heterocycles. The SMILES string of the molecule is C[C@@H](C(=O)O)c1cc(Cl)c(O)c(Cl)c1. The fourth-order valence-electron chi connectivity index (χ4n) is 0.978. The van der Waals surface area contributed by atoms with Crippen LogP contribution in [0, 0.1) is 0 Å². The van der Waals surface area contributed by atoms with E-state index in [1.807, 2.05) is 0 Å². The Kier molecular flexibility index (Phi) is 3.24. The smallest absolute Gasteiger partial charge is 0.310 e. The molecule has 0 spiro atoms. The Bertz CT molecular complexity index is 353. The highest BCUT2D eigenvalue weighted by atomic mass is 35.5. The van der Waals surface area contributed by atoms with Crippen LogP contribution in [0.2, 0.25) is 10.0 Å². The van der Waals surface area contributed by atoms with Crippen LogP contribution in [0.5, 0.6) is 5.75 Å². The van der Waals surface area contributed by atoms with Gasteiger partial charge in [0.2, 0.25) is 0 Å². The molecule has 0 aliphatic heterocycles. The number of rotatable bonds is 2. The summed E-state index contributed by atoms with van der Waals surface area (Å²) in [7, 11) is 0. The molecular weight excluding hydrogens is 227 g/mol. The fraction of sp³-hybridized carbons (Fsp3) is 0.222. The third-order valence-electron chi connectivity index (χ3n) is 1.91. The van der Waals surface area contributed by atoms with Crippen molar-refractivity contribution < 1.29 is 15.0 Å². The second-order valence-corrected chi connectivity index (χ2v) is 3.71. The van der Waals surface area contributed by atoms with Crippen molar-refractivity contribution in [2.24, 2.45) is 0 Å². The summed E-state index contributed by atoms with van der Waals surface area (Å²) < 4.78 is 0. The maximum Gasteiger partial charge on any atom is 0.310 e. The molecule has 3 nitrogen and oxygen atoms in total. The Morgan fingerprint density at radius 2 is 1.79 bits per heavy atom. The van der Waals surface area contributed by atoms with E-state index in [9.17, 15) is 9.90 Å². The average molecular weight is 235 g/mol. The Morgan fingerprint density at radius 3 is 2.14 bits per heavy atom. The molecule has 5 heteroatoms. The zero-order valence-electron chi connectivity index (χ0n) is 7.29. The van der Waals surface area contributed by atoms with Gasteiger partial charge in [-0.05, 0) is 24.6 Å². The number of aromatic hydroxyl groups is 1. The number of benzene rings is 1. The number of halogens is 2. The van der Waals surface area contributed by atoms with Gasteiger partial charge in [-0.3, -0.25) is 4.79 Å². The second-order valence-electron chi connectivity index (χ2n) is 2.89. The van der Waals surface area contributed by atoms with Gasteiger partial charge in [0.1, 0.15) is 0 Å². The Balaban J connectivity index is 3.19. The topological polar surface area (TPSA) is 57.5 Å². The van der Waals surface area contributed by atoms with E-state index in [4.69, 9.17) is 28.3 Å². The van der Waals surface area contributed by atoms with E-state index in [-0.39, 0.29) is 15.8 Å². The molecule has 0 heterocycles. The first kappa shape index (κ1) is 11.1. The molecule has 14 heavy (non-hydrogen) atoms. The van der Waals surface area contributed by atoms with Gasteiger partial charge < -0.3 is 10.2 Å². The van der Waals surface area contributed by atoms with E-state index >= 15 is 0 Å². The predicted octanol–water partition coefficient (Wildman–Crippen LogP) is 2.89. The lowest BCUT2D eigenvalue weighted by molar-refractivity contribution is -0.138. The van der Waals surface area contributed by atoms with Crippen LogP contribution in [-0.4, -0.2) is 16.2 Å². The minimum atomic E-state index is -0.970. The molecule has 1 atom stereocenters. The number of hydrogen-bond donors (Lipinski definition) is 2. The highest BCUT2D eigenvalue weighted by molar-refractivity contribution is 6.37. The average Bonchev–Trinajstić information content (AvgIpc) is 2.12. The van der Waals surface area contributed by atoms with Crippen LogP contribution in [0.25, 0.3) is 0 Å². The minimum Gasteiger partial charge on any atom is -0.505 e. The summed E-state index contributed by atoms with van der Waals surface area (Å²) in [5, 5.41) is 18.1. The fourth-order valence-corrected chi connectivity index (χ4v) is 1.48. The molecule has 1 rings (SSSR count). The Hall–Kier alpha value is -0.930. The lowest BCUT2D eigenvalue weighted by atomic mass is 10.0. The summed E-state index contributed by atoms with van der Waals surface area (Å²) in [5.41, 5.74) is 0.463. The third-order valence-corrected chi connectivity index (χ3v) is 2.49. The van der Waals surface area contributed by atoms with Crippen LogP contribution < -0.4 is 0 Å². The first-order valence-electron chi connectivity index (χ1n) is 3.84. The number of phenols is 1. The van der Waals surface area contributed by atoms with Crippen LogP contribution >= 0.6 is 23.2 Å². The normalized spacial score (nSPS) is 12.5. The molecule has 2 N–H and O–H groups in total. The maximum absolute atomic E-state index is 10.7. The van der Waals surface area contributed by atoms with E-state index in [1.165, 1.54) is 19.1 Å². The standard InChI is InChI=1S/C9H8Cl2O3/c1-4(9(13)14)5-2-6(10)8(12)7(11)3-5/h2-4,12H,1H3,(H,13,14)/t4-/m1/s1. The van der Waals surface area contributed by atoms with Crippen LogP contribution in [0.3, 0.4) is 0 Å². The summed E-state index contributed by atoms with van der Waals surface area (Å²) in [6.45, 7) is 1.52. The van der Waals surface area contributed by atoms with E-state index in [0.29, 0.717) is 5.56 Å². The number of carbonyl (C=O) groups is 1. The molecule has 0 unspecified atom stereocenters. The van der Waals surface area contributed by atoms with E-state index in [2.05, 4.69) is 0 Å². The van der Waals surface area contributed by atoms with Crippen molar-refractivity contribution >= 4 is 29.2 Å². The van der Waals surface area contributed by atoms with Gasteiger partial charge >= 0.3 is 5.97 Å². The van der Waals surface area contributed by atoms with Crippen molar-refractivity contribution in [3.05, 3.63) is 27.7 Å². The lowest BCUT2D eigenvalue weighted by Crippen LogP contribution is -2.07. The molecule has 1 aromatic rings. The number of hydrogen-bond acceptors (Lipinski definition) is 2. The van der Waals surface area contributed by atoms with Gasteiger partial charge in [-0.2, -0.15) is 0 Å². The molecule has 0 amide bonds. The van der Waals surface area contributed by atoms with Crippen LogP contribution in [0.1, 0.15) is 18.4 Å². The van der Waals surface area contributed by atoms with Gasteiger partial charge in [-0.15, -0.1) is 0 Å². The molecule has 0 aliphatic carbocycles. The van der Waals surface area contributed by atoms with E-state index in [1.54, 1.807) is 0 Å². The second kappa shape index (κ2) is 4.07. The molecule has 76 valence electrons. The van der Waals surface area contributed by atoms with Crippen molar-refractivity contribution in [1.29, 1.82) is 0 Å². The maximum atomic E-state index is 10.7. The molecule has 0 bridgehead atoms. The van der Waals surface area contributed by atoms with Crippen molar-refractivity contribution in [2.75, 3.05) is 0 Å². The lowest BCUT2D eigenvalue weighted by Gasteiger charge is -2.08. The third kappa shape index (κ3) is 2.11. The van der Waals surface area contributed by atoms with E-state index < -0.39 is 11.9 Å². The Labute approximate surface area is 90.9 Å². The largest absolute Gasteiger partial charge is 0.505 e. The molecule has 0 aliphatic rings. The van der Waals surface area contributed by atoms with Crippen LogP contribution in [0.15, 0.2) is 12.1 Å². The monoisotopic (exact) mass is 234 g/mol. The first-order chi connectivity index (χ1) is 6.43. The number of carboxylic acid groups (broad SMARTS) is 1. The predicted molar refractivity (Wildman–Crippen MR) is 54.2 cm³/mol. The van der Waals surface area contributed by atoms with Gasteiger partial charge in [0.05, 0.1) is 16.0 Å². The van der Waals surface area contributed by atoms with Gasteiger partial charge in [0.15, 0.2) is 5.75 Å². The van der Waals surface area contributed by atoms with Gasteiger partial charge in [-0.25, -0.2) is 0 Å². The zero-order valence-corrected chi connectivity index (χ0v) is 8.80. The molecule has 1 aromatic carbocycles. The summed E-state index contributed by atoms with van der Waals surface area (Å²) in [4.78, 5) is 10.7. The molecule has 0 aromatic heterocycles. The molecular formula is C9H8Cl2O3. The summed E-state index contributed by atoms with van der Waals surface area (Å²) in [6.07, 6.45) is 0. The minimum absolute atomic E-state index is 0.0561. The van der Waals surface area contributed by atoms with Gasteiger partial charge in [0.25, 0.3) is 0 Å². The number of phenolic OH excluding ortho intramolecular Hbond substituents is 1. The number of aliphatic carboxylic acids is 1. The summed E-state index contributed by atoms with van der Waals surface area (Å²) >= 11 is 11.3. The number of carboxylic acids is 1. The van der Waals surface area contributed by atoms with Crippen molar-refractivity contribution in [3.63, 3.8) is 0 Å². The van der Waals surface area contributed by atoms with Crippen LogP contribution in [-0.2, 0) is 4.79 Å². The quantitative estimate of drug-likeness (QED) is 0.828. The first-order valence-corrected chi connectivity index (χ1v) is 4.59. The Morgan fingerprint density at radius 1 is 1.36 bits per heavy atom. The molecule has 0 fully saturated rings. The molecule has 0 saturated carbocycles. The highest BCUT2D eigenvalue weighted by Gasteiger charge is 2.16. The van der Waals surface area contributed by atoms with Crippen molar-refractivity contribution in [3.8, 4) is 5.75 Å². The van der Waals surface area contributed by atoms with Gasteiger partial charge in [-0.1, -0.05) is 23.2 Å². The summed E-state index contributed by atoms with van der Waals surface area (Å²) in [6, 6.07) is 2.78. The van der Waals surface area contributed by atoms with Gasteiger partial charge in [0, 0.05) is 0 Å². The highest BCUT2D eigenvalue weighted by Crippen LogP contribution is 2.34. The van der Waals surface area contributed by atoms with Crippen LogP contribution in [0.4, 0.5) is 0 Å². The van der Waals surface area contributed by atoms with Crippen molar-refractivity contribution in [1.82, 2.24) is 0 Å². The molecule has 0 radical (unpaired) electrons. The van der Waals surface area contributed by atoms with Crippen molar-refractivity contribution in [2.45, 2.75) is 12.8 Å².